The van der Waals surface area contributed by atoms with Crippen molar-refractivity contribution < 1.29 is 14.7 Å². The number of amides is 1. The zero-order valence-electron chi connectivity index (χ0n) is 9.24. The number of carboxylic acids is 1. The number of carbonyl (C=O) groups is 2. The minimum Gasteiger partial charge on any atom is -0.481 e. The number of carbonyl (C=O) groups excluding carboxylic acids is 1. The lowest BCUT2D eigenvalue weighted by atomic mass is 9.94. The molecule has 1 heterocycles. The van der Waals surface area contributed by atoms with Crippen molar-refractivity contribution in [2.24, 2.45) is 5.92 Å². The van der Waals surface area contributed by atoms with Gasteiger partial charge in [-0.1, -0.05) is 6.92 Å². The number of piperidine rings is 1. The van der Waals surface area contributed by atoms with Gasteiger partial charge in [-0.2, -0.15) is 0 Å². The predicted molar refractivity (Wildman–Crippen MR) is 56.5 cm³/mol. The third-order valence-electron chi connectivity index (χ3n) is 2.80. The number of nitrogens with zero attached hydrogens (tertiary/aromatic N) is 1. The van der Waals surface area contributed by atoms with E-state index in [-0.39, 0.29) is 18.2 Å². The standard InChI is InChI=1S/C11H19NO3/c1-2-4-10(13)12-6-3-5-9(8-12)7-11(14)15/h9H,2-8H2,1H3,(H,14,15). The summed E-state index contributed by atoms with van der Waals surface area (Å²) < 4.78 is 0. The molecule has 1 unspecified atom stereocenters. The van der Waals surface area contributed by atoms with Crippen LogP contribution in [0.1, 0.15) is 39.0 Å². The summed E-state index contributed by atoms with van der Waals surface area (Å²) in [6, 6.07) is 0. The van der Waals surface area contributed by atoms with Gasteiger partial charge in [0.15, 0.2) is 0 Å². The monoisotopic (exact) mass is 213 g/mol. The molecule has 1 rings (SSSR count). The van der Waals surface area contributed by atoms with Gasteiger partial charge in [-0.05, 0) is 25.2 Å². The van der Waals surface area contributed by atoms with Gasteiger partial charge in [0, 0.05) is 25.9 Å². The van der Waals surface area contributed by atoms with Crippen LogP contribution in [0.3, 0.4) is 0 Å². The van der Waals surface area contributed by atoms with Crippen molar-refractivity contribution in [3.63, 3.8) is 0 Å². The number of hydrogen-bond donors (Lipinski definition) is 1. The van der Waals surface area contributed by atoms with Gasteiger partial charge in [0.25, 0.3) is 0 Å². The molecule has 1 atom stereocenters. The fourth-order valence-corrected chi connectivity index (χ4v) is 2.08. The first-order chi connectivity index (χ1) is 7.13. The van der Waals surface area contributed by atoms with Crippen molar-refractivity contribution >= 4 is 11.9 Å². The summed E-state index contributed by atoms with van der Waals surface area (Å²) in [6.45, 7) is 3.41. The Morgan fingerprint density at radius 1 is 1.47 bits per heavy atom. The van der Waals surface area contributed by atoms with Crippen LogP contribution in [0.2, 0.25) is 0 Å². The molecular weight excluding hydrogens is 194 g/mol. The molecule has 0 aromatic heterocycles. The highest BCUT2D eigenvalue weighted by Crippen LogP contribution is 2.20. The first-order valence-electron chi connectivity index (χ1n) is 5.63. The van der Waals surface area contributed by atoms with E-state index in [4.69, 9.17) is 5.11 Å². The highest BCUT2D eigenvalue weighted by molar-refractivity contribution is 5.76. The molecule has 1 amide bonds. The third kappa shape index (κ3) is 3.90. The molecule has 15 heavy (non-hydrogen) atoms. The average molecular weight is 213 g/mol. The Hall–Kier alpha value is -1.06. The normalized spacial score (nSPS) is 21.4. The van der Waals surface area contributed by atoms with Crippen LogP contribution in [0.5, 0.6) is 0 Å². The molecule has 0 aromatic rings. The molecule has 86 valence electrons. The first kappa shape index (κ1) is 12.0. The van der Waals surface area contributed by atoms with Crippen LogP contribution in [0.15, 0.2) is 0 Å². The van der Waals surface area contributed by atoms with E-state index in [9.17, 15) is 9.59 Å². The SMILES string of the molecule is CCCC(=O)N1CCCC(CC(=O)O)C1. The Balaban J connectivity index is 2.41. The van der Waals surface area contributed by atoms with Gasteiger partial charge in [-0.25, -0.2) is 0 Å². The molecule has 0 spiro atoms. The second-order valence-electron chi connectivity index (χ2n) is 4.20. The number of hydrogen-bond acceptors (Lipinski definition) is 2. The largest absolute Gasteiger partial charge is 0.481 e. The molecule has 1 aliphatic rings. The maximum Gasteiger partial charge on any atom is 0.303 e. The van der Waals surface area contributed by atoms with E-state index in [0.717, 1.165) is 25.8 Å². The van der Waals surface area contributed by atoms with Crippen molar-refractivity contribution in [2.75, 3.05) is 13.1 Å². The molecule has 0 bridgehead atoms. The lowest BCUT2D eigenvalue weighted by Crippen LogP contribution is -2.40. The highest BCUT2D eigenvalue weighted by Gasteiger charge is 2.24. The molecule has 1 N–H and O–H groups in total. The van der Waals surface area contributed by atoms with Crippen molar-refractivity contribution in [1.82, 2.24) is 4.90 Å². The summed E-state index contributed by atoms with van der Waals surface area (Å²) in [7, 11) is 0. The Bertz CT molecular complexity index is 240. The molecule has 1 saturated heterocycles. The molecule has 0 aromatic carbocycles. The molecule has 1 aliphatic heterocycles. The van der Waals surface area contributed by atoms with Crippen LogP contribution in [-0.4, -0.2) is 35.0 Å². The predicted octanol–water partition coefficient (Wildman–Crippen LogP) is 1.50. The van der Waals surface area contributed by atoms with Gasteiger partial charge in [0.1, 0.15) is 0 Å². The van der Waals surface area contributed by atoms with Gasteiger partial charge < -0.3 is 10.0 Å². The van der Waals surface area contributed by atoms with Gasteiger partial charge in [-0.3, -0.25) is 9.59 Å². The number of rotatable bonds is 4. The second kappa shape index (κ2) is 5.73. The van der Waals surface area contributed by atoms with E-state index in [1.165, 1.54) is 0 Å². The Labute approximate surface area is 90.3 Å². The van der Waals surface area contributed by atoms with E-state index in [1.807, 2.05) is 11.8 Å². The summed E-state index contributed by atoms with van der Waals surface area (Å²) >= 11 is 0. The average Bonchev–Trinajstić information content (AvgIpc) is 2.17. The van der Waals surface area contributed by atoms with E-state index >= 15 is 0 Å². The van der Waals surface area contributed by atoms with Crippen molar-refractivity contribution in [3.8, 4) is 0 Å². The Kier molecular flexibility index (Phi) is 4.59. The minimum atomic E-state index is -0.759. The van der Waals surface area contributed by atoms with Crippen molar-refractivity contribution in [2.45, 2.75) is 39.0 Å². The van der Waals surface area contributed by atoms with Crippen LogP contribution >= 0.6 is 0 Å². The first-order valence-corrected chi connectivity index (χ1v) is 5.63. The maximum atomic E-state index is 11.6. The van der Waals surface area contributed by atoms with Crippen molar-refractivity contribution in [1.29, 1.82) is 0 Å². The lowest BCUT2D eigenvalue weighted by molar-refractivity contribution is -0.140. The van der Waals surface area contributed by atoms with E-state index in [2.05, 4.69) is 0 Å². The van der Waals surface area contributed by atoms with Gasteiger partial charge in [0.05, 0.1) is 0 Å². The maximum absolute atomic E-state index is 11.6. The van der Waals surface area contributed by atoms with E-state index in [1.54, 1.807) is 0 Å². The van der Waals surface area contributed by atoms with Crippen LogP contribution in [0.4, 0.5) is 0 Å². The number of likely N-dealkylation sites (tertiary alicyclic amines) is 1. The fourth-order valence-electron chi connectivity index (χ4n) is 2.08. The summed E-state index contributed by atoms with van der Waals surface area (Å²) in [5.41, 5.74) is 0. The summed E-state index contributed by atoms with van der Waals surface area (Å²) in [6.07, 6.45) is 3.50. The van der Waals surface area contributed by atoms with Crippen LogP contribution in [0.25, 0.3) is 0 Å². The quantitative estimate of drug-likeness (QED) is 0.770. The minimum absolute atomic E-state index is 0.150. The molecule has 0 saturated carbocycles. The van der Waals surface area contributed by atoms with Crippen molar-refractivity contribution in [3.05, 3.63) is 0 Å². The fraction of sp³-hybridized carbons (Fsp3) is 0.818. The van der Waals surface area contributed by atoms with E-state index in [0.29, 0.717) is 13.0 Å². The zero-order valence-corrected chi connectivity index (χ0v) is 9.24. The highest BCUT2D eigenvalue weighted by atomic mass is 16.4. The van der Waals surface area contributed by atoms with Gasteiger partial charge in [0.2, 0.25) is 5.91 Å². The third-order valence-corrected chi connectivity index (χ3v) is 2.80. The molecular formula is C11H19NO3. The summed E-state index contributed by atoms with van der Waals surface area (Å²) in [4.78, 5) is 24.0. The van der Waals surface area contributed by atoms with Gasteiger partial charge >= 0.3 is 5.97 Å². The molecule has 4 nitrogen and oxygen atoms in total. The van der Waals surface area contributed by atoms with Crippen LogP contribution < -0.4 is 0 Å². The summed E-state index contributed by atoms with van der Waals surface area (Å²) in [5.74, 6) is -0.436. The number of aliphatic carboxylic acids is 1. The second-order valence-corrected chi connectivity index (χ2v) is 4.20. The Morgan fingerprint density at radius 2 is 2.20 bits per heavy atom. The summed E-state index contributed by atoms with van der Waals surface area (Å²) in [5, 5.41) is 8.69. The number of carboxylic acid groups (broad SMARTS) is 1. The van der Waals surface area contributed by atoms with Crippen LogP contribution in [-0.2, 0) is 9.59 Å². The Morgan fingerprint density at radius 3 is 2.80 bits per heavy atom. The molecule has 4 heteroatoms. The zero-order chi connectivity index (χ0) is 11.3. The van der Waals surface area contributed by atoms with E-state index < -0.39 is 5.97 Å². The van der Waals surface area contributed by atoms with Gasteiger partial charge in [-0.15, -0.1) is 0 Å². The van der Waals surface area contributed by atoms with Crippen LogP contribution in [0, 0.1) is 5.92 Å². The molecule has 0 aliphatic carbocycles. The molecule has 0 radical (unpaired) electrons. The topological polar surface area (TPSA) is 57.6 Å². The smallest absolute Gasteiger partial charge is 0.303 e. The lowest BCUT2D eigenvalue weighted by Gasteiger charge is -2.32. The molecule has 1 fully saturated rings.